The van der Waals surface area contributed by atoms with Gasteiger partial charge in [0.15, 0.2) is 0 Å². The maximum atomic E-state index is 8.64. The minimum absolute atomic E-state index is 0. The molecule has 0 rings (SSSR count). The van der Waals surface area contributed by atoms with Crippen LogP contribution in [0.5, 0.6) is 0 Å². The first-order valence-corrected chi connectivity index (χ1v) is 2.57. The van der Waals surface area contributed by atoms with Crippen LogP contribution in [0.2, 0.25) is 0 Å². The van der Waals surface area contributed by atoms with Crippen molar-refractivity contribution in [2.45, 2.75) is 0 Å². The molecular formula is H3MgO2Sb. The second-order valence-electron chi connectivity index (χ2n) is 0.0816. The second kappa shape index (κ2) is 8.84. The Labute approximate surface area is 51.2 Å². The van der Waals surface area contributed by atoms with Crippen molar-refractivity contribution >= 4 is 45.1 Å². The van der Waals surface area contributed by atoms with E-state index in [9.17, 15) is 0 Å². The van der Waals surface area contributed by atoms with Gasteiger partial charge in [-0.25, -0.2) is 0 Å². The van der Waals surface area contributed by atoms with Crippen LogP contribution >= 0.6 is 0 Å². The third-order valence-electron chi connectivity index (χ3n) is 0. The zero-order valence-corrected chi connectivity index (χ0v) is 3.86. The van der Waals surface area contributed by atoms with E-state index in [1.165, 1.54) is 0 Å². The molecule has 0 radical (unpaired) electrons. The van der Waals surface area contributed by atoms with Gasteiger partial charge in [0.1, 0.15) is 0 Å². The van der Waals surface area contributed by atoms with Gasteiger partial charge in [0.25, 0.3) is 0 Å². The minimum atomic E-state index is -1.90. The molecule has 0 bridgehead atoms. The molecule has 0 saturated heterocycles. The molecule has 4 heteroatoms. The van der Waals surface area contributed by atoms with E-state index in [0.29, 0.717) is 0 Å². The molecule has 0 atom stereocenters. The maximum absolute atomic E-state index is 8.64. The van der Waals surface area contributed by atoms with Crippen molar-refractivity contribution in [3.8, 4) is 0 Å². The van der Waals surface area contributed by atoms with Crippen LogP contribution in [0.1, 0.15) is 0 Å². The summed E-state index contributed by atoms with van der Waals surface area (Å²) >= 11 is -1.90. The van der Waals surface area contributed by atoms with E-state index in [1.54, 1.807) is 0 Å². The molecule has 1 N–H and O–H groups in total. The molecule has 0 unspecified atom stereocenters. The van der Waals surface area contributed by atoms with Gasteiger partial charge in [-0.05, 0) is 0 Å². The first-order chi connectivity index (χ1) is 1.41. The molecule has 22 valence electrons. The summed E-state index contributed by atoms with van der Waals surface area (Å²) in [6, 6.07) is 0. The third-order valence-corrected chi connectivity index (χ3v) is 0. The van der Waals surface area contributed by atoms with E-state index in [1.807, 2.05) is 0 Å². The summed E-state index contributed by atoms with van der Waals surface area (Å²) in [6.45, 7) is 0. The molecule has 0 spiro atoms. The van der Waals surface area contributed by atoms with Gasteiger partial charge in [0.2, 0.25) is 0 Å². The molecule has 0 saturated carbocycles. The van der Waals surface area contributed by atoms with Crippen molar-refractivity contribution in [3.05, 3.63) is 0 Å². The van der Waals surface area contributed by atoms with Crippen molar-refractivity contribution in [1.29, 1.82) is 0 Å². The molecule has 0 amide bonds. The van der Waals surface area contributed by atoms with E-state index < -0.39 is 22.0 Å². The fraction of sp³-hybridized carbons (Fsp3) is 0. The Morgan fingerprint density at radius 1 is 1.75 bits per heavy atom. The van der Waals surface area contributed by atoms with E-state index in [4.69, 9.17) is 6.40 Å². The predicted octanol–water partition coefficient (Wildman–Crippen LogP) is -1.97. The average Bonchev–Trinajstić information content (AvgIpc) is 0.918. The van der Waals surface area contributed by atoms with Crippen LogP contribution in [0.3, 0.4) is 0 Å². The summed E-state index contributed by atoms with van der Waals surface area (Å²) in [5.74, 6) is 0. The summed E-state index contributed by atoms with van der Waals surface area (Å²) in [6.07, 6.45) is 0. The molecule has 0 aliphatic carbocycles. The summed E-state index contributed by atoms with van der Waals surface area (Å²) in [5.41, 5.74) is 0. The Balaban J connectivity index is 0. The summed E-state index contributed by atoms with van der Waals surface area (Å²) < 4.78 is 15.8. The van der Waals surface area contributed by atoms with E-state index in [2.05, 4.69) is 0 Å². The summed E-state index contributed by atoms with van der Waals surface area (Å²) in [4.78, 5) is 0. The van der Waals surface area contributed by atoms with Gasteiger partial charge in [-0.1, -0.05) is 0 Å². The van der Waals surface area contributed by atoms with Crippen LogP contribution in [0.15, 0.2) is 0 Å². The van der Waals surface area contributed by atoms with Gasteiger partial charge in [0, 0.05) is 0 Å². The SMILES string of the molecule is [MgH2].[O]=[Sb][OH]. The van der Waals surface area contributed by atoms with Gasteiger partial charge in [0.05, 0.1) is 0 Å². The van der Waals surface area contributed by atoms with E-state index in [-0.39, 0.29) is 23.1 Å². The van der Waals surface area contributed by atoms with Crippen molar-refractivity contribution in [2.75, 3.05) is 0 Å². The van der Waals surface area contributed by atoms with Gasteiger partial charge in [-0.2, -0.15) is 0 Å². The zero-order valence-electron chi connectivity index (χ0n) is 1.30. The molecule has 0 fully saturated rings. The quantitative estimate of drug-likeness (QED) is 0.440. The van der Waals surface area contributed by atoms with Crippen molar-refractivity contribution in [1.82, 2.24) is 0 Å². The Kier molecular flexibility index (Phi) is 19.9. The molecule has 0 heterocycles. The van der Waals surface area contributed by atoms with Crippen LogP contribution in [0.25, 0.3) is 0 Å². The number of rotatable bonds is 0. The third kappa shape index (κ3) is 10.2. The monoisotopic (exact) mass is 180 g/mol. The van der Waals surface area contributed by atoms with Gasteiger partial charge in [-0.3, -0.25) is 0 Å². The van der Waals surface area contributed by atoms with Gasteiger partial charge in [-0.15, -0.1) is 0 Å². The van der Waals surface area contributed by atoms with Crippen molar-refractivity contribution < 1.29 is 6.40 Å². The molecule has 0 aliphatic heterocycles. The number of hydrogen-bond donors (Lipinski definition) is 1. The van der Waals surface area contributed by atoms with Crippen molar-refractivity contribution in [3.63, 3.8) is 0 Å². The van der Waals surface area contributed by atoms with E-state index >= 15 is 0 Å². The number of hydrogen-bond acceptors (Lipinski definition) is 1. The summed E-state index contributed by atoms with van der Waals surface area (Å²) in [5, 5.41) is 0. The average molecular weight is 181 g/mol. The molecule has 4 heavy (non-hydrogen) atoms. The normalized spacial score (nSPS) is 3.25. The van der Waals surface area contributed by atoms with Gasteiger partial charge >= 0.3 is 51.5 Å². The van der Waals surface area contributed by atoms with Crippen LogP contribution in [-0.4, -0.2) is 48.5 Å². The standard InChI is InChI=1S/Mg.H2O.O.Sb.2H/h;1H2;;;;/q;;;+1;;/p-1. The Morgan fingerprint density at radius 2 is 1.75 bits per heavy atom. The predicted molar refractivity (Wildman–Crippen MR) is 17.2 cm³/mol. The van der Waals surface area contributed by atoms with E-state index in [0.717, 1.165) is 0 Å². The fourth-order valence-corrected chi connectivity index (χ4v) is 0. The first kappa shape index (κ1) is 9.02. The molecular weight excluding hydrogens is 178 g/mol. The van der Waals surface area contributed by atoms with Crippen LogP contribution in [-0.2, 0) is 3.02 Å². The Hall–Kier alpha value is 1.34. The molecule has 0 aromatic rings. The second-order valence-corrected chi connectivity index (χ2v) is 0.548. The first-order valence-electron chi connectivity index (χ1n) is 0.383. The van der Waals surface area contributed by atoms with Crippen molar-refractivity contribution in [2.24, 2.45) is 0 Å². The summed E-state index contributed by atoms with van der Waals surface area (Å²) in [7, 11) is 0. The van der Waals surface area contributed by atoms with Crippen LogP contribution < -0.4 is 0 Å². The molecule has 0 aliphatic rings. The molecule has 0 aromatic carbocycles. The van der Waals surface area contributed by atoms with Crippen LogP contribution in [0, 0.1) is 0 Å². The zero-order chi connectivity index (χ0) is 2.71. The fourth-order valence-electron chi connectivity index (χ4n) is 0. The Bertz CT molecular complexity index is 13.5. The topological polar surface area (TPSA) is 37.3 Å². The molecule has 2 nitrogen and oxygen atoms in total. The van der Waals surface area contributed by atoms with Gasteiger partial charge < -0.3 is 0 Å². The Morgan fingerprint density at radius 3 is 1.75 bits per heavy atom. The molecule has 0 aromatic heterocycles. The van der Waals surface area contributed by atoms with Crippen LogP contribution in [0.4, 0.5) is 0 Å².